The largest absolute Gasteiger partial charge is 0.399 e. The average Bonchev–Trinajstić information content (AvgIpc) is 2.18. The summed E-state index contributed by atoms with van der Waals surface area (Å²) in [6, 6.07) is 8.49. The molecule has 1 aromatic rings. The summed E-state index contributed by atoms with van der Waals surface area (Å²) in [4.78, 5) is 5.93. The zero-order valence-corrected chi connectivity index (χ0v) is 10.5. The van der Waals surface area contributed by atoms with E-state index in [0.29, 0.717) is 0 Å². The second kappa shape index (κ2) is 5.21. The molecule has 0 aromatic heterocycles. The van der Waals surface area contributed by atoms with E-state index in [4.69, 9.17) is 4.84 Å². The van der Waals surface area contributed by atoms with Crippen LogP contribution in [0.4, 0.5) is 0 Å². The summed E-state index contributed by atoms with van der Waals surface area (Å²) >= 11 is 1.77. The monoisotopic (exact) mass is 223 g/mol. The average molecular weight is 223 g/mol. The number of benzene rings is 1. The molecule has 0 atom stereocenters. The number of nitrogens with zero attached hydrogens (tertiary/aromatic N) is 1. The van der Waals surface area contributed by atoms with Crippen molar-refractivity contribution in [3.05, 3.63) is 29.8 Å². The van der Waals surface area contributed by atoms with Gasteiger partial charge in [0.2, 0.25) is 0 Å². The standard InChI is InChI=1S/C12H17NOS/c1-10-5-7-11(8-6-10)15-12(2,3)9-13-14-4/h5-9H,1-4H3. The van der Waals surface area contributed by atoms with Crippen molar-refractivity contribution in [2.24, 2.45) is 5.16 Å². The number of thioether (sulfide) groups is 1. The lowest BCUT2D eigenvalue weighted by atomic mass is 10.2. The lowest BCUT2D eigenvalue weighted by Crippen LogP contribution is -2.16. The van der Waals surface area contributed by atoms with E-state index in [0.717, 1.165) is 0 Å². The second-order valence-electron chi connectivity index (χ2n) is 3.94. The van der Waals surface area contributed by atoms with E-state index in [1.807, 2.05) is 6.21 Å². The highest BCUT2D eigenvalue weighted by Crippen LogP contribution is 2.31. The van der Waals surface area contributed by atoms with E-state index >= 15 is 0 Å². The molecule has 0 unspecified atom stereocenters. The van der Waals surface area contributed by atoms with Gasteiger partial charge in [-0.1, -0.05) is 22.9 Å². The van der Waals surface area contributed by atoms with Gasteiger partial charge in [-0.2, -0.15) is 0 Å². The third-order valence-corrected chi connectivity index (χ3v) is 3.01. The van der Waals surface area contributed by atoms with Gasteiger partial charge in [0.15, 0.2) is 0 Å². The molecule has 1 aromatic carbocycles. The molecule has 2 nitrogen and oxygen atoms in total. The van der Waals surface area contributed by atoms with E-state index < -0.39 is 0 Å². The van der Waals surface area contributed by atoms with Gasteiger partial charge in [0, 0.05) is 4.90 Å². The molecule has 0 aliphatic heterocycles. The molecule has 0 bridgehead atoms. The van der Waals surface area contributed by atoms with Crippen molar-refractivity contribution < 1.29 is 4.84 Å². The first-order valence-electron chi connectivity index (χ1n) is 4.87. The summed E-state index contributed by atoms with van der Waals surface area (Å²) in [6.07, 6.45) is 1.82. The predicted molar refractivity (Wildman–Crippen MR) is 66.6 cm³/mol. The van der Waals surface area contributed by atoms with Crippen molar-refractivity contribution in [2.75, 3.05) is 7.11 Å². The fourth-order valence-electron chi connectivity index (χ4n) is 1.12. The Kier molecular flexibility index (Phi) is 4.21. The molecule has 0 aliphatic rings. The van der Waals surface area contributed by atoms with Crippen LogP contribution in [0.15, 0.2) is 34.3 Å². The van der Waals surface area contributed by atoms with Crippen LogP contribution in [0.3, 0.4) is 0 Å². The highest BCUT2D eigenvalue weighted by molar-refractivity contribution is 8.01. The Balaban J connectivity index is 2.68. The van der Waals surface area contributed by atoms with Crippen LogP contribution in [0.1, 0.15) is 19.4 Å². The van der Waals surface area contributed by atoms with E-state index in [1.165, 1.54) is 10.5 Å². The SMILES string of the molecule is CON=CC(C)(C)Sc1ccc(C)cc1. The Hall–Kier alpha value is -0.960. The van der Waals surface area contributed by atoms with Gasteiger partial charge in [0.1, 0.15) is 7.11 Å². The van der Waals surface area contributed by atoms with Crippen LogP contribution in [-0.2, 0) is 4.84 Å². The smallest absolute Gasteiger partial charge is 0.106 e. The minimum atomic E-state index is -0.0503. The number of rotatable bonds is 4. The lowest BCUT2D eigenvalue weighted by molar-refractivity contribution is 0.214. The fourth-order valence-corrected chi connectivity index (χ4v) is 2.09. The Morgan fingerprint density at radius 2 is 1.87 bits per heavy atom. The molecule has 1 rings (SSSR count). The molecule has 0 radical (unpaired) electrons. The van der Waals surface area contributed by atoms with Gasteiger partial charge in [-0.05, 0) is 32.9 Å². The van der Waals surface area contributed by atoms with Crippen molar-refractivity contribution in [1.29, 1.82) is 0 Å². The summed E-state index contributed by atoms with van der Waals surface area (Å²) in [5.74, 6) is 0. The van der Waals surface area contributed by atoms with Crippen LogP contribution in [0, 0.1) is 6.92 Å². The van der Waals surface area contributed by atoms with Crippen molar-refractivity contribution in [1.82, 2.24) is 0 Å². The molecule has 0 N–H and O–H groups in total. The maximum Gasteiger partial charge on any atom is 0.106 e. The van der Waals surface area contributed by atoms with Crippen LogP contribution in [-0.4, -0.2) is 18.1 Å². The quantitative estimate of drug-likeness (QED) is 0.442. The molecule has 0 saturated heterocycles. The molecule has 82 valence electrons. The van der Waals surface area contributed by atoms with Crippen LogP contribution in [0.2, 0.25) is 0 Å². The summed E-state index contributed by atoms with van der Waals surface area (Å²) in [5.41, 5.74) is 1.28. The Morgan fingerprint density at radius 3 is 2.40 bits per heavy atom. The number of oxime groups is 1. The maximum atomic E-state index is 4.69. The molecular formula is C12H17NOS. The number of hydrogen-bond donors (Lipinski definition) is 0. The minimum absolute atomic E-state index is 0.0503. The molecular weight excluding hydrogens is 206 g/mol. The Morgan fingerprint density at radius 1 is 1.27 bits per heavy atom. The van der Waals surface area contributed by atoms with Crippen LogP contribution in [0.25, 0.3) is 0 Å². The van der Waals surface area contributed by atoms with Gasteiger partial charge < -0.3 is 4.84 Å². The highest BCUT2D eigenvalue weighted by atomic mass is 32.2. The van der Waals surface area contributed by atoms with E-state index in [9.17, 15) is 0 Å². The van der Waals surface area contributed by atoms with Crippen LogP contribution >= 0.6 is 11.8 Å². The third kappa shape index (κ3) is 4.38. The normalized spacial score (nSPS) is 12.0. The molecule has 0 fully saturated rings. The minimum Gasteiger partial charge on any atom is -0.399 e. The summed E-state index contributed by atoms with van der Waals surface area (Å²) in [7, 11) is 1.56. The first-order chi connectivity index (χ1) is 7.03. The van der Waals surface area contributed by atoms with E-state index in [1.54, 1.807) is 18.9 Å². The summed E-state index contributed by atoms with van der Waals surface area (Å²) in [5, 5.41) is 3.81. The zero-order valence-electron chi connectivity index (χ0n) is 9.65. The molecule has 3 heteroatoms. The van der Waals surface area contributed by atoms with Crippen LogP contribution < -0.4 is 0 Å². The summed E-state index contributed by atoms with van der Waals surface area (Å²) < 4.78 is -0.0503. The second-order valence-corrected chi connectivity index (χ2v) is 5.66. The van der Waals surface area contributed by atoms with Crippen molar-refractivity contribution in [2.45, 2.75) is 30.4 Å². The molecule has 15 heavy (non-hydrogen) atoms. The Bertz CT molecular complexity index is 330. The van der Waals surface area contributed by atoms with Gasteiger partial charge in [0.25, 0.3) is 0 Å². The van der Waals surface area contributed by atoms with Gasteiger partial charge in [0.05, 0.1) is 11.0 Å². The third-order valence-electron chi connectivity index (χ3n) is 1.87. The topological polar surface area (TPSA) is 21.6 Å². The fraction of sp³-hybridized carbons (Fsp3) is 0.417. The molecule has 0 aliphatic carbocycles. The van der Waals surface area contributed by atoms with Gasteiger partial charge >= 0.3 is 0 Å². The van der Waals surface area contributed by atoms with Crippen molar-refractivity contribution >= 4 is 18.0 Å². The van der Waals surface area contributed by atoms with E-state index in [-0.39, 0.29) is 4.75 Å². The predicted octanol–water partition coefficient (Wildman–Crippen LogP) is 3.50. The van der Waals surface area contributed by atoms with E-state index in [2.05, 4.69) is 50.2 Å². The summed E-state index contributed by atoms with van der Waals surface area (Å²) in [6.45, 7) is 6.31. The van der Waals surface area contributed by atoms with Crippen molar-refractivity contribution in [3.63, 3.8) is 0 Å². The number of aryl methyl sites for hydroxylation is 1. The molecule has 0 spiro atoms. The van der Waals surface area contributed by atoms with Gasteiger partial charge in [-0.15, -0.1) is 11.8 Å². The number of hydrogen-bond acceptors (Lipinski definition) is 3. The maximum absolute atomic E-state index is 4.69. The lowest BCUT2D eigenvalue weighted by Gasteiger charge is -2.17. The first kappa shape index (κ1) is 12.1. The van der Waals surface area contributed by atoms with Crippen molar-refractivity contribution in [3.8, 4) is 0 Å². The molecule has 0 amide bonds. The Labute approximate surface area is 95.7 Å². The molecule has 0 heterocycles. The van der Waals surface area contributed by atoms with Gasteiger partial charge in [-0.25, -0.2) is 0 Å². The molecule has 0 saturated carbocycles. The zero-order chi connectivity index (χ0) is 11.3. The van der Waals surface area contributed by atoms with Crippen LogP contribution in [0.5, 0.6) is 0 Å². The highest BCUT2D eigenvalue weighted by Gasteiger charge is 2.16. The first-order valence-corrected chi connectivity index (χ1v) is 5.68. The van der Waals surface area contributed by atoms with Gasteiger partial charge in [-0.3, -0.25) is 0 Å².